The summed E-state index contributed by atoms with van der Waals surface area (Å²) < 4.78 is 0. The van der Waals surface area contributed by atoms with Gasteiger partial charge >= 0.3 is 0 Å². The van der Waals surface area contributed by atoms with Crippen molar-refractivity contribution in [3.63, 3.8) is 0 Å². The van der Waals surface area contributed by atoms with E-state index in [1.807, 2.05) is 0 Å². The second-order valence-electron chi connectivity index (χ2n) is 4.60. The van der Waals surface area contributed by atoms with E-state index in [0.29, 0.717) is 0 Å². The molecule has 0 saturated heterocycles. The van der Waals surface area contributed by atoms with Gasteiger partial charge in [0, 0.05) is 31.4 Å². The van der Waals surface area contributed by atoms with Crippen LogP contribution in [0.1, 0.15) is 18.4 Å². The standard InChI is InChI=1S/C13H18N2/c1-2-4-13-11(3-1)7-9-15(10-8-14-13)12-5-6-12/h1-4,12,14H,5-10H2. The van der Waals surface area contributed by atoms with Crippen LogP contribution in [-0.4, -0.2) is 30.6 Å². The van der Waals surface area contributed by atoms with Gasteiger partial charge in [-0.2, -0.15) is 0 Å². The summed E-state index contributed by atoms with van der Waals surface area (Å²) in [7, 11) is 0. The Morgan fingerprint density at radius 2 is 2.00 bits per heavy atom. The maximum Gasteiger partial charge on any atom is 0.0373 e. The van der Waals surface area contributed by atoms with Gasteiger partial charge in [-0.1, -0.05) is 18.2 Å². The zero-order chi connectivity index (χ0) is 10.1. The highest BCUT2D eigenvalue weighted by molar-refractivity contribution is 5.51. The lowest BCUT2D eigenvalue weighted by Gasteiger charge is -2.26. The maximum absolute atomic E-state index is 3.54. The van der Waals surface area contributed by atoms with Crippen molar-refractivity contribution >= 4 is 5.69 Å². The van der Waals surface area contributed by atoms with Crippen LogP contribution in [0.5, 0.6) is 0 Å². The lowest BCUT2D eigenvalue weighted by atomic mass is 10.1. The summed E-state index contributed by atoms with van der Waals surface area (Å²) in [6.07, 6.45) is 4.03. The predicted octanol–water partition coefficient (Wildman–Crippen LogP) is 2.12. The smallest absolute Gasteiger partial charge is 0.0373 e. The molecule has 1 aromatic carbocycles. The minimum atomic E-state index is 0.900. The average Bonchev–Trinajstić information content (AvgIpc) is 3.03. The minimum absolute atomic E-state index is 0.900. The molecule has 0 atom stereocenters. The van der Waals surface area contributed by atoms with Gasteiger partial charge in [-0.15, -0.1) is 0 Å². The van der Waals surface area contributed by atoms with Crippen molar-refractivity contribution in [2.45, 2.75) is 25.3 Å². The Balaban J connectivity index is 1.76. The van der Waals surface area contributed by atoms with Crippen molar-refractivity contribution in [2.75, 3.05) is 25.0 Å². The van der Waals surface area contributed by atoms with Crippen LogP contribution < -0.4 is 5.32 Å². The van der Waals surface area contributed by atoms with E-state index in [9.17, 15) is 0 Å². The van der Waals surface area contributed by atoms with Crippen molar-refractivity contribution in [2.24, 2.45) is 0 Å². The van der Waals surface area contributed by atoms with Crippen LogP contribution in [0.3, 0.4) is 0 Å². The third-order valence-corrected chi connectivity index (χ3v) is 3.46. The fraction of sp³-hybridized carbons (Fsp3) is 0.538. The van der Waals surface area contributed by atoms with Crippen LogP contribution in [0.4, 0.5) is 5.69 Å². The van der Waals surface area contributed by atoms with E-state index >= 15 is 0 Å². The molecule has 0 bridgehead atoms. The van der Waals surface area contributed by atoms with E-state index in [1.54, 1.807) is 0 Å². The van der Waals surface area contributed by atoms with Crippen molar-refractivity contribution in [1.82, 2.24) is 4.90 Å². The zero-order valence-electron chi connectivity index (χ0n) is 9.08. The summed E-state index contributed by atoms with van der Waals surface area (Å²) in [5.74, 6) is 0. The first-order valence-corrected chi connectivity index (χ1v) is 5.99. The molecule has 1 saturated carbocycles. The maximum atomic E-state index is 3.54. The Morgan fingerprint density at radius 3 is 2.87 bits per heavy atom. The molecule has 15 heavy (non-hydrogen) atoms. The molecule has 3 rings (SSSR count). The molecule has 0 unspecified atom stereocenters. The van der Waals surface area contributed by atoms with Gasteiger partial charge in [-0.05, 0) is 30.9 Å². The average molecular weight is 202 g/mol. The fourth-order valence-electron chi connectivity index (χ4n) is 2.43. The lowest BCUT2D eigenvalue weighted by Crippen LogP contribution is -2.34. The van der Waals surface area contributed by atoms with Crippen LogP contribution in [0, 0.1) is 0 Å². The molecule has 1 aliphatic carbocycles. The largest absolute Gasteiger partial charge is 0.384 e. The van der Waals surface area contributed by atoms with Gasteiger partial charge in [-0.3, -0.25) is 4.90 Å². The highest BCUT2D eigenvalue weighted by Gasteiger charge is 2.28. The van der Waals surface area contributed by atoms with Crippen molar-refractivity contribution < 1.29 is 0 Å². The Labute approximate surface area is 91.3 Å². The summed E-state index contributed by atoms with van der Waals surface area (Å²) >= 11 is 0. The van der Waals surface area contributed by atoms with Crippen LogP contribution in [-0.2, 0) is 6.42 Å². The van der Waals surface area contributed by atoms with Gasteiger partial charge in [0.05, 0.1) is 0 Å². The summed E-state index contributed by atoms with van der Waals surface area (Å²) in [4.78, 5) is 2.64. The molecule has 1 aliphatic heterocycles. The Hall–Kier alpha value is -1.02. The van der Waals surface area contributed by atoms with Crippen molar-refractivity contribution in [1.29, 1.82) is 0 Å². The number of hydrogen-bond acceptors (Lipinski definition) is 2. The lowest BCUT2D eigenvalue weighted by molar-refractivity contribution is 0.275. The van der Waals surface area contributed by atoms with Crippen molar-refractivity contribution in [3.05, 3.63) is 29.8 Å². The third kappa shape index (κ3) is 2.00. The molecule has 0 radical (unpaired) electrons. The van der Waals surface area contributed by atoms with Crippen molar-refractivity contribution in [3.8, 4) is 0 Å². The highest BCUT2D eigenvalue weighted by Crippen LogP contribution is 2.28. The molecule has 1 N–H and O–H groups in total. The van der Waals surface area contributed by atoms with Gasteiger partial charge in [0.2, 0.25) is 0 Å². The number of anilines is 1. The minimum Gasteiger partial charge on any atom is -0.384 e. The summed E-state index contributed by atoms with van der Waals surface area (Å²) in [6.45, 7) is 3.54. The summed E-state index contributed by atoms with van der Waals surface area (Å²) in [5, 5.41) is 3.54. The molecule has 1 fully saturated rings. The van der Waals surface area contributed by atoms with Gasteiger partial charge < -0.3 is 5.32 Å². The first-order valence-electron chi connectivity index (χ1n) is 5.99. The van der Waals surface area contributed by atoms with Gasteiger partial charge in [0.15, 0.2) is 0 Å². The molecule has 0 spiro atoms. The fourth-order valence-corrected chi connectivity index (χ4v) is 2.43. The molecule has 0 aromatic heterocycles. The number of para-hydroxylation sites is 1. The van der Waals surface area contributed by atoms with Crippen LogP contribution in [0.15, 0.2) is 24.3 Å². The monoisotopic (exact) mass is 202 g/mol. The molecule has 80 valence electrons. The molecule has 2 aliphatic rings. The topological polar surface area (TPSA) is 15.3 Å². The molecular weight excluding hydrogens is 184 g/mol. The molecule has 2 nitrogen and oxygen atoms in total. The normalized spacial score (nSPS) is 22.4. The number of nitrogens with zero attached hydrogens (tertiary/aromatic N) is 1. The molecule has 1 aromatic rings. The molecular formula is C13H18N2. The first kappa shape index (κ1) is 9.22. The molecule has 2 heteroatoms. The van der Waals surface area contributed by atoms with E-state index in [2.05, 4.69) is 34.5 Å². The highest BCUT2D eigenvalue weighted by atomic mass is 15.2. The van der Waals surface area contributed by atoms with E-state index in [1.165, 1.54) is 43.6 Å². The van der Waals surface area contributed by atoms with E-state index in [0.717, 1.165) is 12.6 Å². The van der Waals surface area contributed by atoms with Gasteiger partial charge in [0.1, 0.15) is 0 Å². The molecule has 1 heterocycles. The number of fused-ring (bicyclic) bond motifs is 1. The summed E-state index contributed by atoms with van der Waals surface area (Å²) in [6, 6.07) is 9.60. The van der Waals surface area contributed by atoms with Gasteiger partial charge in [0.25, 0.3) is 0 Å². The van der Waals surface area contributed by atoms with Crippen LogP contribution >= 0.6 is 0 Å². The number of hydrogen-bond donors (Lipinski definition) is 1. The van der Waals surface area contributed by atoms with E-state index in [4.69, 9.17) is 0 Å². The number of rotatable bonds is 1. The van der Waals surface area contributed by atoms with Crippen LogP contribution in [0.25, 0.3) is 0 Å². The Morgan fingerprint density at radius 1 is 1.13 bits per heavy atom. The van der Waals surface area contributed by atoms with Crippen LogP contribution in [0.2, 0.25) is 0 Å². The third-order valence-electron chi connectivity index (χ3n) is 3.46. The van der Waals surface area contributed by atoms with Gasteiger partial charge in [-0.25, -0.2) is 0 Å². The molecule has 0 amide bonds. The second-order valence-corrected chi connectivity index (χ2v) is 4.60. The predicted molar refractivity (Wildman–Crippen MR) is 63.2 cm³/mol. The summed E-state index contributed by atoms with van der Waals surface area (Å²) in [5.41, 5.74) is 2.82. The number of benzene rings is 1. The number of nitrogens with one attached hydrogen (secondary N) is 1. The quantitative estimate of drug-likeness (QED) is 0.750. The Kier molecular flexibility index (Phi) is 2.37. The van der Waals surface area contributed by atoms with E-state index < -0.39 is 0 Å². The SMILES string of the molecule is c1ccc2c(c1)CCN(C1CC1)CCN2. The first-order chi connectivity index (χ1) is 7.43. The Bertz CT molecular complexity index is 344. The van der Waals surface area contributed by atoms with E-state index in [-0.39, 0.29) is 0 Å². The zero-order valence-corrected chi connectivity index (χ0v) is 9.08. The second kappa shape index (κ2) is 3.86.